The number of aromatic nitrogens is 5. The van der Waals surface area contributed by atoms with Gasteiger partial charge in [-0.3, -0.25) is 9.48 Å². The third-order valence-electron chi connectivity index (χ3n) is 8.22. The van der Waals surface area contributed by atoms with E-state index in [4.69, 9.17) is 0 Å². The van der Waals surface area contributed by atoms with E-state index in [1.54, 1.807) is 9.36 Å². The average molecular weight is 539 g/mol. The Morgan fingerprint density at radius 3 is 2.60 bits per heavy atom. The van der Waals surface area contributed by atoms with Gasteiger partial charge in [-0.1, -0.05) is 42.8 Å². The van der Waals surface area contributed by atoms with Gasteiger partial charge in [-0.05, 0) is 67.5 Å². The van der Waals surface area contributed by atoms with Gasteiger partial charge >= 0.3 is 5.97 Å². The zero-order chi connectivity index (χ0) is 27.8. The first-order valence-electron chi connectivity index (χ1n) is 14.1. The summed E-state index contributed by atoms with van der Waals surface area (Å²) in [6.07, 6.45) is 9.53. The van der Waals surface area contributed by atoms with Crippen LogP contribution in [0.2, 0.25) is 0 Å². The highest BCUT2D eigenvalue weighted by atomic mass is 16.4. The lowest BCUT2D eigenvalue weighted by molar-refractivity contribution is 0.0600. The number of aromatic carboxylic acids is 1. The maximum absolute atomic E-state index is 13.5. The van der Waals surface area contributed by atoms with Crippen LogP contribution in [0.5, 0.6) is 0 Å². The molecule has 1 aliphatic heterocycles. The third kappa shape index (κ3) is 4.92. The Balaban J connectivity index is 1.31. The minimum atomic E-state index is -0.993. The molecule has 2 fully saturated rings. The monoisotopic (exact) mass is 538 g/mol. The first-order valence-corrected chi connectivity index (χ1v) is 14.1. The number of aryl methyl sites for hydroxylation is 1. The highest BCUT2D eigenvalue weighted by molar-refractivity contribution is 5.96. The van der Waals surface area contributed by atoms with Crippen LogP contribution in [0.4, 0.5) is 0 Å². The Morgan fingerprint density at radius 2 is 1.85 bits per heavy atom. The van der Waals surface area contributed by atoms with E-state index in [9.17, 15) is 14.7 Å². The van der Waals surface area contributed by atoms with E-state index in [-0.39, 0.29) is 23.3 Å². The number of carbonyl (C=O) groups is 2. The zero-order valence-electron chi connectivity index (χ0n) is 22.9. The molecular formula is C31H34N6O3. The van der Waals surface area contributed by atoms with Gasteiger partial charge < -0.3 is 10.0 Å². The number of piperidine rings is 1. The number of hydrogen-bond donors (Lipinski definition) is 1. The van der Waals surface area contributed by atoms with Crippen LogP contribution in [0.1, 0.15) is 89.4 Å². The molecule has 3 atom stereocenters. The molecule has 0 radical (unpaired) electrons. The van der Waals surface area contributed by atoms with Crippen molar-refractivity contribution in [2.24, 2.45) is 7.05 Å². The normalized spacial score (nSPS) is 20.4. The zero-order valence-corrected chi connectivity index (χ0v) is 22.9. The molecule has 0 spiro atoms. The van der Waals surface area contributed by atoms with E-state index >= 15 is 0 Å². The van der Waals surface area contributed by atoms with Gasteiger partial charge in [0.25, 0.3) is 5.91 Å². The molecule has 1 N–H and O–H groups in total. The summed E-state index contributed by atoms with van der Waals surface area (Å²) in [5.74, 6) is -0.789. The van der Waals surface area contributed by atoms with E-state index in [1.807, 2.05) is 61.8 Å². The molecule has 2 aromatic carbocycles. The van der Waals surface area contributed by atoms with Crippen LogP contribution in [-0.2, 0) is 7.05 Å². The number of carboxylic acid groups (broad SMARTS) is 1. The number of rotatable bonds is 8. The maximum Gasteiger partial charge on any atom is 0.339 e. The summed E-state index contributed by atoms with van der Waals surface area (Å²) in [4.78, 5) is 27.7. The smallest absolute Gasteiger partial charge is 0.339 e. The second kappa shape index (κ2) is 10.7. The largest absolute Gasteiger partial charge is 0.478 e. The predicted octanol–water partition coefficient (Wildman–Crippen LogP) is 5.43. The van der Waals surface area contributed by atoms with Crippen molar-refractivity contribution in [2.45, 2.75) is 63.3 Å². The molecule has 1 saturated heterocycles. The molecular weight excluding hydrogens is 504 g/mol. The van der Waals surface area contributed by atoms with Gasteiger partial charge in [0.15, 0.2) is 0 Å². The van der Waals surface area contributed by atoms with Gasteiger partial charge in [-0.15, -0.1) is 5.10 Å². The van der Waals surface area contributed by atoms with Crippen molar-refractivity contribution in [2.75, 3.05) is 6.54 Å². The molecule has 2 aromatic heterocycles. The molecule has 9 heteroatoms. The molecule has 4 aromatic rings. The quantitative estimate of drug-likeness (QED) is 0.321. The summed E-state index contributed by atoms with van der Waals surface area (Å²) >= 11 is 0. The SMILES string of the molecule is CCC[C@@H]1CCCCN1C(=O)c1cccc(-c2cccc(-n3ncc(C(=O)O)c3[C@H]3CC3c3cn(C)nn3)c2)c1. The molecule has 0 bridgehead atoms. The van der Waals surface area contributed by atoms with Gasteiger partial charge in [-0.25, -0.2) is 9.48 Å². The van der Waals surface area contributed by atoms with Crippen LogP contribution in [0, 0.1) is 0 Å². The molecule has 40 heavy (non-hydrogen) atoms. The Morgan fingerprint density at radius 1 is 1.05 bits per heavy atom. The number of benzene rings is 2. The van der Waals surface area contributed by atoms with E-state index < -0.39 is 5.97 Å². The Kier molecular flexibility index (Phi) is 6.96. The molecule has 9 nitrogen and oxygen atoms in total. The average Bonchev–Trinajstić information content (AvgIpc) is 3.41. The number of carbonyl (C=O) groups excluding carboxylic acids is 1. The van der Waals surface area contributed by atoms with Crippen molar-refractivity contribution in [1.82, 2.24) is 29.7 Å². The van der Waals surface area contributed by atoms with E-state index in [2.05, 4.69) is 27.2 Å². The van der Waals surface area contributed by atoms with Gasteiger partial charge in [0.2, 0.25) is 0 Å². The highest BCUT2D eigenvalue weighted by Gasteiger charge is 2.46. The maximum atomic E-state index is 13.5. The number of hydrogen-bond acceptors (Lipinski definition) is 5. The van der Waals surface area contributed by atoms with E-state index in [1.165, 1.54) is 12.6 Å². The third-order valence-corrected chi connectivity index (χ3v) is 8.22. The van der Waals surface area contributed by atoms with Crippen LogP contribution >= 0.6 is 0 Å². The van der Waals surface area contributed by atoms with Crippen LogP contribution in [-0.4, -0.2) is 59.2 Å². The first-order chi connectivity index (χ1) is 19.4. The van der Waals surface area contributed by atoms with Crippen molar-refractivity contribution in [3.8, 4) is 16.8 Å². The van der Waals surface area contributed by atoms with Crippen LogP contribution in [0.3, 0.4) is 0 Å². The van der Waals surface area contributed by atoms with Crippen molar-refractivity contribution in [3.63, 3.8) is 0 Å². The Labute approximate surface area is 233 Å². The Bertz CT molecular complexity index is 1550. The number of amides is 1. The molecule has 6 rings (SSSR count). The number of nitrogens with zero attached hydrogens (tertiary/aromatic N) is 6. The molecule has 1 amide bonds. The van der Waals surface area contributed by atoms with Crippen LogP contribution in [0.15, 0.2) is 60.9 Å². The van der Waals surface area contributed by atoms with Crippen molar-refractivity contribution < 1.29 is 14.7 Å². The number of carboxylic acids is 1. The van der Waals surface area contributed by atoms with E-state index in [0.717, 1.165) is 61.2 Å². The summed E-state index contributed by atoms with van der Waals surface area (Å²) < 4.78 is 3.41. The molecule has 1 saturated carbocycles. The van der Waals surface area contributed by atoms with Gasteiger partial charge in [0, 0.05) is 43.2 Å². The fraction of sp³-hybridized carbons (Fsp3) is 0.387. The molecule has 1 unspecified atom stereocenters. The minimum Gasteiger partial charge on any atom is -0.478 e. The summed E-state index contributed by atoms with van der Waals surface area (Å²) in [5, 5.41) is 22.7. The molecule has 206 valence electrons. The lowest BCUT2D eigenvalue weighted by Crippen LogP contribution is -2.43. The van der Waals surface area contributed by atoms with Crippen molar-refractivity contribution in [3.05, 3.63) is 83.4 Å². The fourth-order valence-corrected chi connectivity index (χ4v) is 6.16. The number of likely N-dealkylation sites (tertiary alicyclic amines) is 1. The van der Waals surface area contributed by atoms with Gasteiger partial charge in [-0.2, -0.15) is 5.10 Å². The fourth-order valence-electron chi connectivity index (χ4n) is 6.16. The first kappa shape index (κ1) is 26.0. The summed E-state index contributed by atoms with van der Waals surface area (Å²) in [6.45, 7) is 2.99. The molecule has 2 aliphatic rings. The van der Waals surface area contributed by atoms with Gasteiger partial charge in [0.1, 0.15) is 5.56 Å². The van der Waals surface area contributed by atoms with Gasteiger partial charge in [0.05, 0.1) is 23.3 Å². The second-order valence-electron chi connectivity index (χ2n) is 11.0. The lowest BCUT2D eigenvalue weighted by Gasteiger charge is -2.36. The van der Waals surface area contributed by atoms with Crippen molar-refractivity contribution in [1.29, 1.82) is 0 Å². The minimum absolute atomic E-state index is 0.00415. The standard InChI is InChI=1S/C31H34N6O3/c1-3-8-23-12-4-5-14-36(23)30(38)22-11-6-9-20(15-22)21-10-7-13-24(16-21)37-29(27(18-32-37)31(39)40)26-17-25(26)28-19-35(2)34-33-28/h6-7,9-11,13,15-16,18-19,23,25-26H,3-5,8,12,14,17H2,1-2H3,(H,39,40)/t23-,25?,26+/m1/s1. The van der Waals surface area contributed by atoms with Crippen LogP contribution < -0.4 is 0 Å². The summed E-state index contributed by atoms with van der Waals surface area (Å²) in [7, 11) is 1.82. The topological polar surface area (TPSA) is 106 Å². The predicted molar refractivity (Wildman–Crippen MR) is 151 cm³/mol. The van der Waals surface area contributed by atoms with Crippen LogP contribution in [0.25, 0.3) is 16.8 Å². The Hall–Kier alpha value is -4.27. The van der Waals surface area contributed by atoms with E-state index in [0.29, 0.717) is 17.3 Å². The molecule has 3 heterocycles. The lowest BCUT2D eigenvalue weighted by atomic mass is 9.96. The summed E-state index contributed by atoms with van der Waals surface area (Å²) in [5.41, 5.74) is 5.10. The summed E-state index contributed by atoms with van der Waals surface area (Å²) in [6, 6.07) is 16.0. The highest BCUT2D eigenvalue weighted by Crippen LogP contribution is 2.55. The van der Waals surface area contributed by atoms with Crippen molar-refractivity contribution >= 4 is 11.9 Å². The second-order valence-corrected chi connectivity index (χ2v) is 11.0. The molecule has 1 aliphatic carbocycles.